The molecule has 7 nitrogen and oxygen atoms in total. The van der Waals surface area contributed by atoms with Crippen molar-refractivity contribution < 1.29 is 19.0 Å². The fourth-order valence-corrected chi connectivity index (χ4v) is 2.36. The summed E-state index contributed by atoms with van der Waals surface area (Å²) in [4.78, 5) is 25.6. The van der Waals surface area contributed by atoms with Crippen molar-refractivity contribution in [3.63, 3.8) is 0 Å². The molecular weight excluding hydrogens is 375 g/mol. The predicted molar refractivity (Wildman–Crippen MR) is 82.9 cm³/mol. The molecule has 0 saturated heterocycles. The Morgan fingerprint density at radius 3 is 2.83 bits per heavy atom. The Bertz CT molecular complexity index is 804. The van der Waals surface area contributed by atoms with Crippen LogP contribution in [0.15, 0.2) is 38.5 Å². The molecule has 0 amide bonds. The van der Waals surface area contributed by atoms with Gasteiger partial charge in [0.25, 0.3) is 5.56 Å². The summed E-state index contributed by atoms with van der Waals surface area (Å²) < 4.78 is 25.2. The highest BCUT2D eigenvalue weighted by Crippen LogP contribution is 2.24. The Labute approximate surface area is 138 Å². The summed E-state index contributed by atoms with van der Waals surface area (Å²) in [6.07, 6.45) is -0.440. The molecule has 1 heterocycles. The number of rotatable bonds is 6. The Morgan fingerprint density at radius 1 is 1.43 bits per heavy atom. The number of halogens is 2. The summed E-state index contributed by atoms with van der Waals surface area (Å²) in [5.41, 5.74) is -1.41. The van der Waals surface area contributed by atoms with E-state index in [0.717, 1.165) is 4.47 Å². The minimum atomic E-state index is -1.13. The molecular formula is C14H14BrFN2O5. The lowest BCUT2D eigenvalue weighted by Gasteiger charge is -2.18. The van der Waals surface area contributed by atoms with Gasteiger partial charge in [0.2, 0.25) is 5.82 Å². The van der Waals surface area contributed by atoms with Crippen LogP contribution in [-0.4, -0.2) is 28.4 Å². The van der Waals surface area contributed by atoms with Crippen LogP contribution in [0.3, 0.4) is 0 Å². The summed E-state index contributed by atoms with van der Waals surface area (Å²) in [6.45, 7) is -0.482. The number of hydrogen-bond acceptors (Lipinski definition) is 5. The first-order chi connectivity index (χ1) is 11.0. The van der Waals surface area contributed by atoms with Gasteiger partial charge in [-0.2, -0.15) is 4.39 Å². The molecule has 2 aromatic rings. The standard InChI is InChI=1S/C14H14BrFN2O5/c1-22-12(18-13(20)10(16)5-17-14(18)21)7-23-11-3-2-9(15)4-8(11)6-19/h2-5,12,19H,6-7H2,1H3,(H,17,21). The van der Waals surface area contributed by atoms with Gasteiger partial charge in [0.05, 0.1) is 6.61 Å². The minimum absolute atomic E-state index is 0.225. The first kappa shape index (κ1) is 17.4. The van der Waals surface area contributed by atoms with E-state index in [2.05, 4.69) is 20.9 Å². The molecule has 1 unspecified atom stereocenters. The molecule has 1 aromatic heterocycles. The Hall–Kier alpha value is -1.97. The highest BCUT2D eigenvalue weighted by atomic mass is 79.9. The molecule has 0 bridgehead atoms. The van der Waals surface area contributed by atoms with E-state index < -0.39 is 23.3 Å². The van der Waals surface area contributed by atoms with Crippen LogP contribution in [0.1, 0.15) is 11.8 Å². The SMILES string of the molecule is COC(COc1ccc(Br)cc1CO)n1c(=O)[nH]cc(F)c1=O. The first-order valence-electron chi connectivity index (χ1n) is 6.52. The van der Waals surface area contributed by atoms with Crippen LogP contribution >= 0.6 is 15.9 Å². The van der Waals surface area contributed by atoms with Gasteiger partial charge < -0.3 is 19.6 Å². The highest BCUT2D eigenvalue weighted by Gasteiger charge is 2.18. The topological polar surface area (TPSA) is 93.5 Å². The molecule has 1 atom stereocenters. The molecule has 0 aliphatic rings. The fourth-order valence-electron chi connectivity index (χ4n) is 1.95. The molecule has 0 saturated carbocycles. The van der Waals surface area contributed by atoms with E-state index >= 15 is 0 Å². The lowest BCUT2D eigenvalue weighted by molar-refractivity contribution is -0.00136. The number of aromatic amines is 1. The number of aliphatic hydroxyl groups is 1. The van der Waals surface area contributed by atoms with Gasteiger partial charge in [0.15, 0.2) is 6.23 Å². The molecule has 2 rings (SSSR count). The second-order valence-electron chi connectivity index (χ2n) is 4.53. The van der Waals surface area contributed by atoms with Gasteiger partial charge in [-0.25, -0.2) is 9.36 Å². The molecule has 1 aromatic carbocycles. The molecule has 0 aliphatic carbocycles. The maximum atomic E-state index is 13.3. The third-order valence-electron chi connectivity index (χ3n) is 3.10. The summed E-state index contributed by atoms with van der Waals surface area (Å²) in [6, 6.07) is 4.98. The molecule has 124 valence electrons. The Morgan fingerprint density at radius 2 is 2.17 bits per heavy atom. The quantitative estimate of drug-likeness (QED) is 0.774. The second kappa shape index (κ2) is 7.53. The van der Waals surface area contributed by atoms with E-state index in [1.54, 1.807) is 18.2 Å². The highest BCUT2D eigenvalue weighted by molar-refractivity contribution is 9.10. The van der Waals surface area contributed by atoms with E-state index in [9.17, 15) is 19.1 Å². The molecule has 0 fully saturated rings. The van der Waals surface area contributed by atoms with Gasteiger partial charge in [-0.3, -0.25) is 4.79 Å². The van der Waals surface area contributed by atoms with Gasteiger partial charge in [0, 0.05) is 23.3 Å². The van der Waals surface area contributed by atoms with E-state index in [4.69, 9.17) is 9.47 Å². The Balaban J connectivity index is 2.27. The number of ether oxygens (including phenoxy) is 2. The van der Waals surface area contributed by atoms with E-state index in [-0.39, 0.29) is 13.2 Å². The zero-order valence-corrected chi connectivity index (χ0v) is 13.7. The molecule has 0 radical (unpaired) electrons. The maximum absolute atomic E-state index is 13.3. The number of benzene rings is 1. The number of nitrogens with one attached hydrogen (secondary N) is 1. The van der Waals surface area contributed by atoms with Gasteiger partial charge in [-0.05, 0) is 18.2 Å². The number of aliphatic hydroxyl groups excluding tert-OH is 1. The summed E-state index contributed by atoms with van der Waals surface area (Å²) in [5, 5.41) is 9.32. The summed E-state index contributed by atoms with van der Waals surface area (Å²) >= 11 is 3.27. The van der Waals surface area contributed by atoms with Crippen molar-refractivity contribution in [2.24, 2.45) is 0 Å². The first-order valence-corrected chi connectivity index (χ1v) is 7.31. The van der Waals surface area contributed by atoms with Crippen LogP contribution in [0, 0.1) is 5.82 Å². The number of aromatic nitrogens is 2. The molecule has 0 spiro atoms. The fraction of sp³-hybridized carbons (Fsp3) is 0.286. The van der Waals surface area contributed by atoms with Crippen molar-refractivity contribution in [2.75, 3.05) is 13.7 Å². The molecule has 9 heteroatoms. The largest absolute Gasteiger partial charge is 0.488 e. The zero-order chi connectivity index (χ0) is 17.0. The van der Waals surface area contributed by atoms with Crippen LogP contribution in [-0.2, 0) is 11.3 Å². The third-order valence-corrected chi connectivity index (χ3v) is 3.59. The number of nitrogens with zero attached hydrogens (tertiary/aromatic N) is 1. The monoisotopic (exact) mass is 388 g/mol. The van der Waals surface area contributed by atoms with Crippen molar-refractivity contribution in [3.05, 3.63) is 61.1 Å². The van der Waals surface area contributed by atoms with E-state index in [1.165, 1.54) is 7.11 Å². The average molecular weight is 389 g/mol. The minimum Gasteiger partial charge on any atom is -0.488 e. The van der Waals surface area contributed by atoms with Gasteiger partial charge in [-0.1, -0.05) is 15.9 Å². The van der Waals surface area contributed by atoms with Crippen molar-refractivity contribution in [3.8, 4) is 5.75 Å². The smallest absolute Gasteiger partial charge is 0.330 e. The van der Waals surface area contributed by atoms with Crippen LogP contribution < -0.4 is 16.0 Å². The zero-order valence-electron chi connectivity index (χ0n) is 12.1. The molecule has 2 N–H and O–H groups in total. The maximum Gasteiger partial charge on any atom is 0.330 e. The van der Waals surface area contributed by atoms with Crippen LogP contribution in [0.25, 0.3) is 0 Å². The van der Waals surface area contributed by atoms with Crippen molar-refractivity contribution in [2.45, 2.75) is 12.8 Å². The lowest BCUT2D eigenvalue weighted by Crippen LogP contribution is -2.42. The van der Waals surface area contributed by atoms with Crippen molar-refractivity contribution in [1.29, 1.82) is 0 Å². The van der Waals surface area contributed by atoms with Gasteiger partial charge >= 0.3 is 5.69 Å². The van der Waals surface area contributed by atoms with Crippen molar-refractivity contribution >= 4 is 15.9 Å². The predicted octanol–water partition coefficient (Wildman–Crippen LogP) is 1.15. The van der Waals surface area contributed by atoms with Crippen molar-refractivity contribution in [1.82, 2.24) is 9.55 Å². The number of methoxy groups -OCH3 is 1. The normalized spacial score (nSPS) is 12.2. The van der Waals surface area contributed by atoms with Crippen LogP contribution in [0.4, 0.5) is 4.39 Å². The molecule has 23 heavy (non-hydrogen) atoms. The third kappa shape index (κ3) is 3.87. The van der Waals surface area contributed by atoms with Crippen LogP contribution in [0.2, 0.25) is 0 Å². The summed E-state index contributed by atoms with van der Waals surface area (Å²) in [5.74, 6) is -0.745. The van der Waals surface area contributed by atoms with E-state index in [0.29, 0.717) is 22.1 Å². The molecule has 0 aliphatic heterocycles. The average Bonchev–Trinajstić information content (AvgIpc) is 2.55. The van der Waals surface area contributed by atoms with Gasteiger partial charge in [-0.15, -0.1) is 0 Å². The number of H-pyrrole nitrogens is 1. The van der Waals surface area contributed by atoms with Crippen LogP contribution in [0.5, 0.6) is 5.75 Å². The second-order valence-corrected chi connectivity index (χ2v) is 5.44. The summed E-state index contributed by atoms with van der Waals surface area (Å²) in [7, 11) is 1.26. The Kier molecular flexibility index (Phi) is 5.69. The van der Waals surface area contributed by atoms with Gasteiger partial charge in [0.1, 0.15) is 12.4 Å². The lowest BCUT2D eigenvalue weighted by atomic mass is 10.2. The number of hydrogen-bond donors (Lipinski definition) is 2. The van der Waals surface area contributed by atoms with E-state index in [1.807, 2.05) is 0 Å².